The van der Waals surface area contributed by atoms with E-state index in [0.717, 1.165) is 22.1 Å². The molecule has 0 unspecified atom stereocenters. The largest absolute Gasteiger partial charge is 0.508 e. The van der Waals surface area contributed by atoms with Gasteiger partial charge in [0.1, 0.15) is 17.1 Å². The lowest BCUT2D eigenvalue weighted by Gasteiger charge is -2.17. The molecule has 132 valence electrons. The Hall–Kier alpha value is -3.31. The smallest absolute Gasteiger partial charge is 0.182 e. The van der Waals surface area contributed by atoms with Crippen LogP contribution in [-0.4, -0.2) is 15.4 Å². The van der Waals surface area contributed by atoms with Gasteiger partial charge in [0.25, 0.3) is 0 Å². The lowest BCUT2D eigenvalue weighted by atomic mass is 9.90. The normalized spacial score (nSPS) is 10.9. The number of phenols is 1. The van der Waals surface area contributed by atoms with Crippen LogP contribution < -0.4 is 5.43 Å². The van der Waals surface area contributed by atoms with Crippen LogP contribution in [0.15, 0.2) is 68.8 Å². The van der Waals surface area contributed by atoms with Crippen molar-refractivity contribution in [3.8, 4) is 28.2 Å². The highest BCUT2D eigenvalue weighted by atomic mass is 32.1. The Balaban J connectivity index is 2.14. The highest BCUT2D eigenvalue weighted by Gasteiger charge is 2.19. The first-order valence-electron chi connectivity index (χ1n) is 8.12. The van der Waals surface area contributed by atoms with Crippen LogP contribution in [0, 0.1) is 0 Å². The molecule has 0 saturated heterocycles. The van der Waals surface area contributed by atoms with Crippen LogP contribution in [0.4, 0.5) is 5.69 Å². The van der Waals surface area contributed by atoms with Gasteiger partial charge in [-0.05, 0) is 59.7 Å². The van der Waals surface area contributed by atoms with E-state index in [1.165, 1.54) is 18.2 Å². The second-order valence-electron chi connectivity index (χ2n) is 6.02. The van der Waals surface area contributed by atoms with E-state index in [2.05, 4.69) is 22.4 Å². The van der Waals surface area contributed by atoms with E-state index in [1.807, 2.05) is 6.07 Å². The Labute approximate surface area is 159 Å². The van der Waals surface area contributed by atoms with Crippen molar-refractivity contribution in [2.24, 2.45) is 4.99 Å². The molecule has 5 nitrogen and oxygen atoms in total. The number of isothiocyanates is 1. The predicted octanol–water partition coefficient (Wildman–Crippen LogP) is 4.50. The molecule has 0 fully saturated rings. The summed E-state index contributed by atoms with van der Waals surface area (Å²) in [4.78, 5) is 15.8. The van der Waals surface area contributed by atoms with E-state index in [-0.39, 0.29) is 17.8 Å². The Morgan fingerprint density at radius 3 is 2.63 bits per heavy atom. The minimum Gasteiger partial charge on any atom is -0.508 e. The first kappa shape index (κ1) is 17.1. The molecule has 2 aromatic rings. The zero-order chi connectivity index (χ0) is 19.0. The van der Waals surface area contributed by atoms with Gasteiger partial charge < -0.3 is 14.6 Å². The zero-order valence-electron chi connectivity index (χ0n) is 14.0. The van der Waals surface area contributed by atoms with Gasteiger partial charge in [-0.1, -0.05) is 6.07 Å². The minimum atomic E-state index is -0.205. The number of phenolic OH excluding ortho intramolecular Hbond substituents is 1. The Kier molecular flexibility index (Phi) is 4.30. The first-order chi connectivity index (χ1) is 13.1. The second-order valence-corrected chi connectivity index (χ2v) is 6.20. The van der Waals surface area contributed by atoms with Crippen LogP contribution >= 0.6 is 12.2 Å². The molecule has 0 spiro atoms. The maximum Gasteiger partial charge on any atom is 0.182 e. The highest BCUT2D eigenvalue weighted by Crippen LogP contribution is 2.42. The van der Waals surface area contributed by atoms with E-state index < -0.39 is 0 Å². The molecule has 2 N–H and O–H groups in total. The lowest BCUT2D eigenvalue weighted by Crippen LogP contribution is -2.00. The molecule has 0 atom stereocenters. The van der Waals surface area contributed by atoms with Gasteiger partial charge in [0.15, 0.2) is 5.43 Å². The van der Waals surface area contributed by atoms with Gasteiger partial charge in [0, 0.05) is 28.6 Å². The van der Waals surface area contributed by atoms with Crippen molar-refractivity contribution in [1.82, 2.24) is 0 Å². The minimum absolute atomic E-state index is 0.0582. The molecule has 1 aliphatic heterocycles. The molecule has 0 bridgehead atoms. The molecule has 0 aromatic heterocycles. The van der Waals surface area contributed by atoms with E-state index in [4.69, 9.17) is 4.42 Å². The predicted molar refractivity (Wildman–Crippen MR) is 107 cm³/mol. The average Bonchev–Trinajstić information content (AvgIpc) is 2.66. The van der Waals surface area contributed by atoms with E-state index >= 15 is 0 Å². The van der Waals surface area contributed by atoms with E-state index in [1.54, 1.807) is 30.3 Å². The van der Waals surface area contributed by atoms with Crippen LogP contribution in [0.1, 0.15) is 5.56 Å². The van der Waals surface area contributed by atoms with Gasteiger partial charge in [-0.15, -0.1) is 0 Å². The second kappa shape index (κ2) is 6.78. The number of rotatable bonds is 3. The number of benzene rings is 3. The molecule has 4 rings (SSSR count). The van der Waals surface area contributed by atoms with Gasteiger partial charge in [-0.2, -0.15) is 4.99 Å². The number of hydrogen-bond acceptors (Lipinski definition) is 6. The molecular weight excluding hydrogens is 362 g/mol. The third-order valence-electron chi connectivity index (χ3n) is 4.38. The maximum atomic E-state index is 11.8. The standard InChI is InChI=1S/C21H13NO4S/c23-10-12-7-13(22-11-27)1-4-16(12)21-17-5-2-14(24)8-19(17)26-20-9-15(25)3-6-18(20)21/h1-9,23-24H,10H2. The van der Waals surface area contributed by atoms with Gasteiger partial charge in [0.05, 0.1) is 17.5 Å². The van der Waals surface area contributed by atoms with Crippen molar-refractivity contribution < 1.29 is 14.6 Å². The number of aromatic hydroxyl groups is 1. The Morgan fingerprint density at radius 2 is 1.85 bits per heavy atom. The summed E-state index contributed by atoms with van der Waals surface area (Å²) in [5.74, 6) is 0.461. The third-order valence-corrected chi connectivity index (χ3v) is 4.47. The number of hydrogen-bond donors (Lipinski definition) is 2. The molecule has 2 aliphatic rings. The van der Waals surface area contributed by atoms with Crippen molar-refractivity contribution in [2.45, 2.75) is 6.61 Å². The van der Waals surface area contributed by atoms with Crippen LogP contribution in [0.3, 0.4) is 0 Å². The lowest BCUT2D eigenvalue weighted by molar-refractivity contribution is 0.282. The fourth-order valence-electron chi connectivity index (χ4n) is 3.23. The number of aliphatic hydroxyl groups is 1. The van der Waals surface area contributed by atoms with Gasteiger partial charge >= 0.3 is 0 Å². The van der Waals surface area contributed by atoms with Gasteiger partial charge in [-0.3, -0.25) is 4.79 Å². The highest BCUT2D eigenvalue weighted by molar-refractivity contribution is 7.78. The van der Waals surface area contributed by atoms with E-state index in [0.29, 0.717) is 22.6 Å². The topological polar surface area (TPSA) is 83.0 Å². The van der Waals surface area contributed by atoms with Gasteiger partial charge in [-0.25, -0.2) is 0 Å². The molecule has 6 heteroatoms. The number of fused-ring (bicyclic) bond motifs is 2. The van der Waals surface area contributed by atoms with Gasteiger partial charge in [0.2, 0.25) is 0 Å². The van der Waals surface area contributed by atoms with Crippen LogP contribution in [0.2, 0.25) is 0 Å². The summed E-state index contributed by atoms with van der Waals surface area (Å²) < 4.78 is 5.84. The molecule has 1 heterocycles. The molecule has 0 saturated carbocycles. The van der Waals surface area contributed by atoms with Crippen LogP contribution in [-0.2, 0) is 6.61 Å². The third kappa shape index (κ3) is 3.02. The summed E-state index contributed by atoms with van der Waals surface area (Å²) in [6.07, 6.45) is 0. The van der Waals surface area contributed by atoms with Crippen LogP contribution in [0.5, 0.6) is 5.75 Å². The Morgan fingerprint density at radius 1 is 1.04 bits per heavy atom. The maximum absolute atomic E-state index is 11.8. The van der Waals surface area contributed by atoms with Crippen LogP contribution in [0.25, 0.3) is 33.4 Å². The molecule has 2 aromatic carbocycles. The van der Waals surface area contributed by atoms with Crippen molar-refractivity contribution in [2.75, 3.05) is 0 Å². The fourth-order valence-corrected chi connectivity index (χ4v) is 3.33. The van der Waals surface area contributed by atoms with Crippen molar-refractivity contribution in [3.63, 3.8) is 0 Å². The number of aliphatic imine (C=N–C) groups is 1. The average molecular weight is 375 g/mol. The molecule has 1 aliphatic carbocycles. The summed E-state index contributed by atoms with van der Waals surface area (Å²) in [5.41, 5.74) is 3.80. The zero-order valence-corrected chi connectivity index (χ0v) is 14.8. The number of nitrogens with zero attached hydrogens (tertiary/aromatic N) is 1. The Bertz CT molecular complexity index is 1250. The van der Waals surface area contributed by atoms with Crippen molar-refractivity contribution >= 4 is 34.0 Å². The monoisotopic (exact) mass is 375 g/mol. The first-order valence-corrected chi connectivity index (χ1v) is 8.53. The number of aliphatic hydroxyl groups excluding tert-OH is 1. The SMILES string of the molecule is O=c1ccc2c(-c3ccc(N=C=S)cc3CO)c3ccc(O)cc3oc-2c1. The van der Waals surface area contributed by atoms with Crippen molar-refractivity contribution in [1.29, 1.82) is 0 Å². The summed E-state index contributed by atoms with van der Waals surface area (Å²) in [7, 11) is 0. The molecule has 0 radical (unpaired) electrons. The quantitative estimate of drug-likeness (QED) is 0.313. The molecule has 27 heavy (non-hydrogen) atoms. The van der Waals surface area contributed by atoms with Crippen molar-refractivity contribution in [3.05, 3.63) is 70.4 Å². The summed E-state index contributed by atoms with van der Waals surface area (Å²) in [6, 6.07) is 14.7. The molecular formula is C21H13NO4S. The van der Waals surface area contributed by atoms with E-state index in [9.17, 15) is 15.0 Å². The summed E-state index contributed by atoms with van der Waals surface area (Å²) in [6.45, 7) is -0.205. The molecule has 0 amide bonds. The summed E-state index contributed by atoms with van der Waals surface area (Å²) in [5, 5.41) is 22.8. The summed E-state index contributed by atoms with van der Waals surface area (Å²) >= 11 is 4.65. The number of thiocarbonyl (C=S) groups is 1. The fraction of sp³-hybridized carbons (Fsp3) is 0.0476.